The number of rotatable bonds is 4. The van der Waals surface area contributed by atoms with Gasteiger partial charge < -0.3 is 5.32 Å². The highest BCUT2D eigenvalue weighted by Gasteiger charge is 2.35. The fraction of sp³-hybridized carbons (Fsp3) is 0.625. The van der Waals surface area contributed by atoms with E-state index in [1.54, 1.807) is 0 Å². The van der Waals surface area contributed by atoms with Gasteiger partial charge in [-0.3, -0.25) is 4.21 Å². The first-order valence-corrected chi connectivity index (χ1v) is 8.95. The molecule has 4 heteroatoms. The minimum atomic E-state index is -0.994. The molecule has 0 heterocycles. The van der Waals surface area contributed by atoms with Gasteiger partial charge in [0.1, 0.15) is 0 Å². The molecule has 1 aliphatic carbocycles. The number of hydrogen-bond donors (Lipinski definition) is 1. The summed E-state index contributed by atoms with van der Waals surface area (Å²) < 4.78 is 12.9. The minimum absolute atomic E-state index is 0.180. The van der Waals surface area contributed by atoms with E-state index in [4.69, 9.17) is 11.6 Å². The Morgan fingerprint density at radius 1 is 1.35 bits per heavy atom. The summed E-state index contributed by atoms with van der Waals surface area (Å²) in [6, 6.07) is 7.81. The van der Waals surface area contributed by atoms with E-state index < -0.39 is 10.8 Å². The Hall–Kier alpha value is -0.380. The van der Waals surface area contributed by atoms with Crippen molar-refractivity contribution in [3.63, 3.8) is 0 Å². The number of halogens is 1. The van der Waals surface area contributed by atoms with Crippen molar-refractivity contribution < 1.29 is 4.21 Å². The van der Waals surface area contributed by atoms with E-state index in [1.165, 1.54) is 6.42 Å². The zero-order valence-corrected chi connectivity index (χ0v) is 14.0. The van der Waals surface area contributed by atoms with Gasteiger partial charge in [-0.1, -0.05) is 31.5 Å². The van der Waals surface area contributed by atoms with E-state index >= 15 is 0 Å². The van der Waals surface area contributed by atoms with Crippen LogP contribution in [0.25, 0.3) is 0 Å². The van der Waals surface area contributed by atoms with Crippen molar-refractivity contribution in [3.8, 4) is 0 Å². The van der Waals surface area contributed by atoms with Crippen LogP contribution < -0.4 is 5.32 Å². The van der Waals surface area contributed by atoms with Crippen molar-refractivity contribution in [1.29, 1.82) is 0 Å². The summed E-state index contributed by atoms with van der Waals surface area (Å²) in [6.07, 6.45) is 3.37. The molecule has 0 aliphatic heterocycles. The lowest BCUT2D eigenvalue weighted by molar-refractivity contribution is 0.249. The lowest BCUT2D eigenvalue weighted by Crippen LogP contribution is -2.45. The summed E-state index contributed by atoms with van der Waals surface area (Å²) in [7, 11) is 0.980. The Labute approximate surface area is 129 Å². The van der Waals surface area contributed by atoms with Gasteiger partial charge in [0.15, 0.2) is 0 Å². The Bertz CT molecular complexity index is 477. The second-order valence-corrected chi connectivity index (χ2v) is 8.11. The predicted molar refractivity (Wildman–Crippen MR) is 86.7 cm³/mol. The summed E-state index contributed by atoms with van der Waals surface area (Å²) in [5.74, 6) is 1.33. The molecule has 0 aromatic heterocycles. The lowest BCUT2D eigenvalue weighted by Gasteiger charge is -2.37. The Morgan fingerprint density at radius 2 is 2.10 bits per heavy atom. The molecule has 0 radical (unpaired) electrons. The molecule has 20 heavy (non-hydrogen) atoms. The molecule has 1 N–H and O–H groups in total. The topological polar surface area (TPSA) is 29.1 Å². The molecule has 1 aliphatic rings. The van der Waals surface area contributed by atoms with Crippen molar-refractivity contribution in [2.45, 2.75) is 49.3 Å². The number of nitrogens with one attached hydrogen (secondary N) is 1. The van der Waals surface area contributed by atoms with Gasteiger partial charge in [0.2, 0.25) is 0 Å². The van der Waals surface area contributed by atoms with Crippen LogP contribution in [-0.4, -0.2) is 22.5 Å². The molecule has 0 amide bonds. The molecule has 2 rings (SSSR count). The largest absolute Gasteiger partial charge is 0.316 e. The highest BCUT2D eigenvalue weighted by Crippen LogP contribution is 2.34. The van der Waals surface area contributed by atoms with E-state index in [0.717, 1.165) is 17.7 Å². The van der Waals surface area contributed by atoms with Crippen molar-refractivity contribution in [2.75, 3.05) is 7.05 Å². The van der Waals surface area contributed by atoms with Crippen molar-refractivity contribution >= 4 is 22.4 Å². The maximum atomic E-state index is 12.9. The van der Waals surface area contributed by atoms with E-state index in [-0.39, 0.29) is 5.25 Å². The van der Waals surface area contributed by atoms with Gasteiger partial charge in [0, 0.05) is 16.0 Å². The Morgan fingerprint density at radius 3 is 2.70 bits per heavy atom. The summed E-state index contributed by atoms with van der Waals surface area (Å²) in [4.78, 5) is 0.854. The molecular formula is C16H24ClNOS. The maximum absolute atomic E-state index is 12.9. The van der Waals surface area contributed by atoms with Gasteiger partial charge in [-0.2, -0.15) is 0 Å². The smallest absolute Gasteiger partial charge is 0.0577 e. The maximum Gasteiger partial charge on any atom is 0.0577 e. The average Bonchev–Trinajstić information content (AvgIpc) is 2.45. The third-order valence-electron chi connectivity index (χ3n) is 4.45. The van der Waals surface area contributed by atoms with Crippen LogP contribution in [-0.2, 0) is 10.8 Å². The van der Waals surface area contributed by atoms with E-state index in [1.807, 2.05) is 31.3 Å². The van der Waals surface area contributed by atoms with E-state index in [9.17, 15) is 4.21 Å². The zero-order chi connectivity index (χ0) is 14.7. The second-order valence-electron chi connectivity index (χ2n) is 6.01. The molecule has 112 valence electrons. The van der Waals surface area contributed by atoms with Gasteiger partial charge >= 0.3 is 0 Å². The first-order chi connectivity index (χ1) is 9.52. The third-order valence-corrected chi connectivity index (χ3v) is 6.47. The van der Waals surface area contributed by atoms with Crippen LogP contribution in [0.5, 0.6) is 0 Å². The highest BCUT2D eigenvalue weighted by atomic mass is 35.5. The van der Waals surface area contributed by atoms with Gasteiger partial charge in [-0.15, -0.1) is 0 Å². The molecule has 1 aromatic carbocycles. The van der Waals surface area contributed by atoms with Gasteiger partial charge in [-0.25, -0.2) is 0 Å². The van der Waals surface area contributed by atoms with Gasteiger partial charge in [0.25, 0.3) is 0 Å². The summed E-state index contributed by atoms with van der Waals surface area (Å²) in [6.45, 7) is 4.54. The normalized spacial score (nSPS) is 28.6. The van der Waals surface area contributed by atoms with Crippen LogP contribution in [0.2, 0.25) is 5.02 Å². The molecule has 4 unspecified atom stereocenters. The number of hydrogen-bond acceptors (Lipinski definition) is 2. The zero-order valence-electron chi connectivity index (χ0n) is 12.4. The molecule has 0 spiro atoms. The summed E-state index contributed by atoms with van der Waals surface area (Å²) in [5.41, 5.74) is 0. The SMILES string of the molecule is CNC1CCC(C(C)C)CC1S(=O)c1cccc(Cl)c1. The van der Waals surface area contributed by atoms with Crippen LogP contribution in [0.4, 0.5) is 0 Å². The van der Waals surface area contributed by atoms with Gasteiger partial charge in [-0.05, 0) is 56.3 Å². The van der Waals surface area contributed by atoms with Crippen LogP contribution in [0.15, 0.2) is 29.2 Å². The molecular weight excluding hydrogens is 290 g/mol. The fourth-order valence-corrected chi connectivity index (χ4v) is 5.15. The summed E-state index contributed by atoms with van der Waals surface area (Å²) >= 11 is 6.03. The third kappa shape index (κ3) is 3.63. The second kappa shape index (κ2) is 7.06. The molecule has 1 aromatic rings. The first kappa shape index (κ1) is 16.0. The fourth-order valence-electron chi connectivity index (χ4n) is 3.10. The quantitative estimate of drug-likeness (QED) is 0.914. The van der Waals surface area contributed by atoms with E-state index in [2.05, 4.69) is 19.2 Å². The molecule has 1 saturated carbocycles. The standard InChI is InChI=1S/C16H24ClNOS/c1-11(2)12-7-8-15(18-3)16(9-12)20(19)14-6-4-5-13(17)10-14/h4-6,10-12,15-16,18H,7-9H2,1-3H3. The summed E-state index contributed by atoms with van der Waals surface area (Å²) in [5, 5.41) is 4.19. The molecule has 4 atom stereocenters. The van der Waals surface area contributed by atoms with Crippen LogP contribution in [0.1, 0.15) is 33.1 Å². The first-order valence-electron chi connectivity index (χ1n) is 7.36. The van der Waals surface area contributed by atoms with Crippen molar-refractivity contribution in [3.05, 3.63) is 29.3 Å². The van der Waals surface area contributed by atoms with Crippen LogP contribution >= 0.6 is 11.6 Å². The average molecular weight is 314 g/mol. The predicted octanol–water partition coefficient (Wildman–Crippen LogP) is 3.86. The minimum Gasteiger partial charge on any atom is -0.316 e. The van der Waals surface area contributed by atoms with Crippen LogP contribution in [0, 0.1) is 11.8 Å². The van der Waals surface area contributed by atoms with Gasteiger partial charge in [0.05, 0.1) is 16.0 Å². The molecule has 0 saturated heterocycles. The number of benzene rings is 1. The molecule has 2 nitrogen and oxygen atoms in total. The van der Waals surface area contributed by atoms with Crippen molar-refractivity contribution in [2.24, 2.45) is 11.8 Å². The van der Waals surface area contributed by atoms with Crippen molar-refractivity contribution in [1.82, 2.24) is 5.32 Å². The molecule has 0 bridgehead atoms. The Balaban J connectivity index is 2.20. The lowest BCUT2D eigenvalue weighted by atomic mass is 9.79. The van der Waals surface area contributed by atoms with E-state index in [0.29, 0.717) is 22.9 Å². The highest BCUT2D eigenvalue weighted by molar-refractivity contribution is 7.85. The van der Waals surface area contributed by atoms with Crippen LogP contribution in [0.3, 0.4) is 0 Å². The Kier molecular flexibility index (Phi) is 5.65. The molecule has 1 fully saturated rings. The monoisotopic (exact) mass is 313 g/mol.